The number of halogens is 1. The number of rotatable bonds is 18. The Balaban J connectivity index is 1.34. The summed E-state index contributed by atoms with van der Waals surface area (Å²) in [6.45, 7) is 11.4. The Morgan fingerprint density at radius 2 is 1.65 bits per heavy atom. The van der Waals surface area contributed by atoms with E-state index in [1.165, 1.54) is 32.1 Å². The fourth-order valence-corrected chi connectivity index (χ4v) is 6.72. The zero-order valence-corrected chi connectivity index (χ0v) is 30.7. The molecule has 0 aliphatic carbocycles. The lowest BCUT2D eigenvalue weighted by Gasteiger charge is -2.28. The first-order valence-electron chi connectivity index (χ1n) is 17.7. The van der Waals surface area contributed by atoms with Gasteiger partial charge in [0.15, 0.2) is 0 Å². The van der Waals surface area contributed by atoms with Gasteiger partial charge in [0.1, 0.15) is 36.5 Å². The molecule has 9 nitrogen and oxygen atoms in total. The molecule has 1 fully saturated rings. The van der Waals surface area contributed by atoms with Gasteiger partial charge in [-0.2, -0.15) is 5.26 Å². The molecule has 3 aromatic carbocycles. The Kier molecular flexibility index (Phi) is 14.1. The van der Waals surface area contributed by atoms with Gasteiger partial charge in [0.25, 0.3) is 0 Å². The normalized spacial score (nSPS) is 13.7. The van der Waals surface area contributed by atoms with E-state index in [0.717, 1.165) is 57.7 Å². The average molecular weight is 713 g/mol. The quantitative estimate of drug-likeness (QED) is 0.105. The van der Waals surface area contributed by atoms with Gasteiger partial charge in [-0.3, -0.25) is 9.88 Å². The van der Waals surface area contributed by atoms with Crippen molar-refractivity contribution in [3.8, 4) is 34.4 Å². The molecule has 0 saturated carbocycles. The van der Waals surface area contributed by atoms with Crippen molar-refractivity contribution in [2.75, 3.05) is 46.0 Å². The van der Waals surface area contributed by atoms with Gasteiger partial charge in [-0.1, -0.05) is 41.9 Å². The van der Waals surface area contributed by atoms with Crippen LogP contribution in [0.15, 0.2) is 67.0 Å². The van der Waals surface area contributed by atoms with Crippen molar-refractivity contribution in [1.82, 2.24) is 14.8 Å². The summed E-state index contributed by atoms with van der Waals surface area (Å²) in [6, 6.07) is 19.7. The molecule has 51 heavy (non-hydrogen) atoms. The largest absolute Gasteiger partial charge is 0.493 e. The summed E-state index contributed by atoms with van der Waals surface area (Å²) in [4.78, 5) is 8.62. The molecule has 4 aromatic rings. The van der Waals surface area contributed by atoms with Crippen molar-refractivity contribution < 1.29 is 24.4 Å². The van der Waals surface area contributed by atoms with E-state index in [-0.39, 0.29) is 32.5 Å². The van der Waals surface area contributed by atoms with Crippen molar-refractivity contribution in [2.24, 2.45) is 0 Å². The number of pyridine rings is 1. The summed E-state index contributed by atoms with van der Waals surface area (Å²) in [6.07, 6.45) is 6.78. The van der Waals surface area contributed by atoms with E-state index in [4.69, 9.17) is 25.8 Å². The van der Waals surface area contributed by atoms with Crippen LogP contribution in [0.3, 0.4) is 0 Å². The molecule has 2 heterocycles. The lowest BCUT2D eigenvalue weighted by Crippen LogP contribution is -2.37. The van der Waals surface area contributed by atoms with E-state index < -0.39 is 0 Å². The fraction of sp³-hybridized carbons (Fsp3) is 0.415. The number of aromatic nitrogens is 1. The predicted molar refractivity (Wildman–Crippen MR) is 200 cm³/mol. The Morgan fingerprint density at radius 3 is 2.39 bits per heavy atom. The minimum Gasteiger partial charge on any atom is -0.493 e. The zero-order valence-electron chi connectivity index (χ0n) is 29.9. The molecule has 1 unspecified atom stereocenters. The Labute approximate surface area is 307 Å². The molecular weight excluding hydrogens is 664 g/mol. The Hall–Kier alpha value is -4.17. The number of hydrogen-bond acceptors (Lipinski definition) is 9. The molecule has 2 N–H and O–H groups in total. The fourth-order valence-electron chi connectivity index (χ4n) is 6.48. The van der Waals surface area contributed by atoms with E-state index in [1.54, 1.807) is 18.3 Å². The standard InChI is InChI=1S/C41H49ClN4O5/c1-29(26-48)46(16-17-47)25-35-20-38(42)41(21-40(35)50-27-33-19-32(22-43)23-44-24-33)51-28-34-9-6-10-36(30(34)2)37-11-7-12-39(31(37)3)49-18-8-15-45-13-4-5-14-45/h6-7,9-12,19-21,23-24,29,47-48H,4-5,8,13-18,25-28H2,1-3H3. The molecule has 5 rings (SSSR count). The SMILES string of the molecule is Cc1c(COc2cc(OCc3cncc(C#N)c3)c(CN(CCO)C(C)CO)cc2Cl)cccc1-c1cccc(OCCCN2CCCC2)c1C. The molecule has 1 aromatic heterocycles. The van der Waals surface area contributed by atoms with E-state index in [2.05, 4.69) is 54.1 Å². The molecule has 0 bridgehead atoms. The highest BCUT2D eigenvalue weighted by Crippen LogP contribution is 2.37. The second-order valence-electron chi connectivity index (χ2n) is 13.2. The predicted octanol–water partition coefficient (Wildman–Crippen LogP) is 7.09. The lowest BCUT2D eigenvalue weighted by atomic mass is 9.93. The Bertz CT molecular complexity index is 1790. The van der Waals surface area contributed by atoms with Crippen molar-refractivity contribution in [3.05, 3.63) is 105 Å². The summed E-state index contributed by atoms with van der Waals surface area (Å²) in [5.74, 6) is 1.92. The first kappa shape index (κ1) is 38.1. The number of aliphatic hydroxyl groups excluding tert-OH is 2. The maximum atomic E-state index is 9.84. The third kappa shape index (κ3) is 10.2. The van der Waals surface area contributed by atoms with Gasteiger partial charge in [0, 0.05) is 55.3 Å². The molecule has 1 saturated heterocycles. The van der Waals surface area contributed by atoms with Crippen molar-refractivity contribution in [1.29, 1.82) is 5.26 Å². The van der Waals surface area contributed by atoms with Gasteiger partial charge in [0.05, 0.1) is 30.4 Å². The summed E-state index contributed by atoms with van der Waals surface area (Å²) in [5, 5.41) is 29.3. The summed E-state index contributed by atoms with van der Waals surface area (Å²) >= 11 is 6.83. The van der Waals surface area contributed by atoms with E-state index in [1.807, 2.05) is 30.0 Å². The number of aliphatic hydroxyl groups is 2. The van der Waals surface area contributed by atoms with Crippen molar-refractivity contribution in [2.45, 2.75) is 65.8 Å². The molecule has 0 amide bonds. The van der Waals surface area contributed by atoms with Crippen LogP contribution in [0.2, 0.25) is 5.02 Å². The van der Waals surface area contributed by atoms with Crippen LogP contribution in [-0.4, -0.2) is 77.0 Å². The van der Waals surface area contributed by atoms with Gasteiger partial charge >= 0.3 is 0 Å². The minimum absolute atomic E-state index is 0.0593. The van der Waals surface area contributed by atoms with Gasteiger partial charge in [0.2, 0.25) is 0 Å². The highest BCUT2D eigenvalue weighted by atomic mass is 35.5. The van der Waals surface area contributed by atoms with Crippen LogP contribution in [-0.2, 0) is 19.8 Å². The van der Waals surface area contributed by atoms with Crippen LogP contribution in [0.4, 0.5) is 0 Å². The smallest absolute Gasteiger partial charge is 0.142 e. The minimum atomic E-state index is -0.192. The number of ether oxygens (including phenoxy) is 3. The van der Waals surface area contributed by atoms with E-state index >= 15 is 0 Å². The summed E-state index contributed by atoms with van der Waals surface area (Å²) < 4.78 is 18.9. The molecule has 1 aliphatic heterocycles. The second-order valence-corrected chi connectivity index (χ2v) is 13.6. The molecular formula is C41H49ClN4O5. The molecule has 10 heteroatoms. The average Bonchev–Trinajstić information content (AvgIpc) is 3.67. The Morgan fingerprint density at radius 1 is 0.902 bits per heavy atom. The third-order valence-corrected chi connectivity index (χ3v) is 9.86. The van der Waals surface area contributed by atoms with Gasteiger partial charge in [-0.25, -0.2) is 0 Å². The molecule has 0 radical (unpaired) electrons. The van der Waals surface area contributed by atoms with Crippen LogP contribution >= 0.6 is 11.6 Å². The number of likely N-dealkylation sites (tertiary alicyclic amines) is 1. The first-order valence-corrected chi connectivity index (χ1v) is 18.1. The molecule has 1 atom stereocenters. The highest BCUT2D eigenvalue weighted by Gasteiger charge is 2.19. The van der Waals surface area contributed by atoms with E-state index in [0.29, 0.717) is 41.8 Å². The van der Waals surface area contributed by atoms with Crippen LogP contribution in [0.5, 0.6) is 17.2 Å². The molecule has 270 valence electrons. The number of nitriles is 1. The maximum absolute atomic E-state index is 9.84. The van der Waals surface area contributed by atoms with Crippen LogP contribution in [0, 0.1) is 25.2 Å². The topological polar surface area (TPSA) is 111 Å². The van der Waals surface area contributed by atoms with Crippen molar-refractivity contribution >= 4 is 11.6 Å². The number of benzene rings is 3. The maximum Gasteiger partial charge on any atom is 0.142 e. The molecule has 1 aliphatic rings. The monoisotopic (exact) mass is 712 g/mol. The highest BCUT2D eigenvalue weighted by molar-refractivity contribution is 6.32. The summed E-state index contributed by atoms with van der Waals surface area (Å²) in [7, 11) is 0. The van der Waals surface area contributed by atoms with Crippen LogP contribution in [0.1, 0.15) is 59.6 Å². The molecule has 0 spiro atoms. The van der Waals surface area contributed by atoms with Crippen LogP contribution in [0.25, 0.3) is 11.1 Å². The zero-order chi connectivity index (χ0) is 36.2. The van der Waals surface area contributed by atoms with Gasteiger partial charge in [-0.15, -0.1) is 0 Å². The number of hydrogen-bond donors (Lipinski definition) is 2. The van der Waals surface area contributed by atoms with Crippen LogP contribution < -0.4 is 14.2 Å². The summed E-state index contributed by atoms with van der Waals surface area (Å²) in [5.41, 5.74) is 7.46. The lowest BCUT2D eigenvalue weighted by molar-refractivity contribution is 0.104. The third-order valence-electron chi connectivity index (χ3n) is 9.56. The van der Waals surface area contributed by atoms with E-state index in [9.17, 15) is 15.5 Å². The number of nitrogens with zero attached hydrogens (tertiary/aromatic N) is 4. The van der Waals surface area contributed by atoms with Crippen molar-refractivity contribution in [3.63, 3.8) is 0 Å². The van der Waals surface area contributed by atoms with Gasteiger partial charge < -0.3 is 29.3 Å². The first-order chi connectivity index (χ1) is 24.8. The second kappa shape index (κ2) is 18.9. The van der Waals surface area contributed by atoms with Gasteiger partial charge in [-0.05, 0) is 99.1 Å².